The molecule has 5 heteroatoms. The molecule has 0 aliphatic carbocycles. The SMILES string of the molecule is CCc1nccn1CCCNC(=O)C1CCOc2ccccc2C1. The Balaban J connectivity index is 1.47. The number of aryl methyl sites for hydroxylation is 2. The van der Waals surface area contributed by atoms with E-state index in [0.717, 1.165) is 49.4 Å². The third kappa shape index (κ3) is 3.96. The van der Waals surface area contributed by atoms with Crippen LogP contribution in [0.4, 0.5) is 0 Å². The number of amides is 1. The minimum Gasteiger partial charge on any atom is -0.493 e. The summed E-state index contributed by atoms with van der Waals surface area (Å²) in [4.78, 5) is 16.8. The molecule has 0 radical (unpaired) electrons. The van der Waals surface area contributed by atoms with Crippen LogP contribution in [0.3, 0.4) is 0 Å². The fraction of sp³-hybridized carbons (Fsp3) is 0.474. The monoisotopic (exact) mass is 327 g/mol. The van der Waals surface area contributed by atoms with Crippen molar-refractivity contribution in [3.63, 3.8) is 0 Å². The zero-order valence-electron chi connectivity index (χ0n) is 14.2. The van der Waals surface area contributed by atoms with Crippen LogP contribution in [0.5, 0.6) is 5.75 Å². The van der Waals surface area contributed by atoms with E-state index in [4.69, 9.17) is 4.74 Å². The van der Waals surface area contributed by atoms with Gasteiger partial charge in [-0.1, -0.05) is 25.1 Å². The van der Waals surface area contributed by atoms with Crippen molar-refractivity contribution in [3.8, 4) is 5.75 Å². The zero-order chi connectivity index (χ0) is 16.8. The number of nitrogens with zero attached hydrogens (tertiary/aromatic N) is 2. The van der Waals surface area contributed by atoms with E-state index < -0.39 is 0 Å². The first-order valence-electron chi connectivity index (χ1n) is 8.76. The highest BCUT2D eigenvalue weighted by atomic mass is 16.5. The van der Waals surface area contributed by atoms with Gasteiger partial charge in [-0.2, -0.15) is 0 Å². The number of carbonyl (C=O) groups excluding carboxylic acids is 1. The summed E-state index contributed by atoms with van der Waals surface area (Å²) in [5.74, 6) is 2.14. The number of nitrogens with one attached hydrogen (secondary N) is 1. The molecular weight excluding hydrogens is 302 g/mol. The topological polar surface area (TPSA) is 56.2 Å². The Morgan fingerprint density at radius 3 is 3.17 bits per heavy atom. The van der Waals surface area contributed by atoms with Crippen LogP contribution in [0.25, 0.3) is 0 Å². The van der Waals surface area contributed by atoms with Crippen LogP contribution in [0, 0.1) is 5.92 Å². The van der Waals surface area contributed by atoms with Crippen LogP contribution in [0.1, 0.15) is 31.2 Å². The maximum atomic E-state index is 12.5. The van der Waals surface area contributed by atoms with Gasteiger partial charge in [-0.25, -0.2) is 4.98 Å². The van der Waals surface area contributed by atoms with Crippen LogP contribution in [-0.4, -0.2) is 28.6 Å². The Hall–Kier alpha value is -2.30. The van der Waals surface area contributed by atoms with Crippen molar-refractivity contribution in [2.75, 3.05) is 13.2 Å². The number of hydrogen-bond acceptors (Lipinski definition) is 3. The predicted molar refractivity (Wildman–Crippen MR) is 93.0 cm³/mol. The van der Waals surface area contributed by atoms with Crippen molar-refractivity contribution >= 4 is 5.91 Å². The van der Waals surface area contributed by atoms with E-state index in [9.17, 15) is 4.79 Å². The minimum absolute atomic E-state index is 0.00639. The van der Waals surface area contributed by atoms with Crippen molar-refractivity contribution in [1.29, 1.82) is 0 Å². The summed E-state index contributed by atoms with van der Waals surface area (Å²) in [6.07, 6.45) is 7.20. The van der Waals surface area contributed by atoms with Gasteiger partial charge in [0.15, 0.2) is 0 Å². The van der Waals surface area contributed by atoms with Crippen molar-refractivity contribution < 1.29 is 9.53 Å². The van der Waals surface area contributed by atoms with Gasteiger partial charge in [0, 0.05) is 37.8 Å². The molecule has 0 saturated heterocycles. The van der Waals surface area contributed by atoms with Crippen molar-refractivity contribution in [3.05, 3.63) is 48.0 Å². The molecule has 24 heavy (non-hydrogen) atoms. The standard InChI is InChI=1S/C19H25N3O2/c1-2-18-20-10-12-22(18)11-5-9-21-19(23)16-8-13-24-17-7-4-3-6-15(17)14-16/h3-4,6-7,10,12,16H,2,5,8-9,11,13-14H2,1H3,(H,21,23). The molecule has 1 N–H and O–H groups in total. The normalized spacial score (nSPS) is 16.8. The molecule has 0 fully saturated rings. The summed E-state index contributed by atoms with van der Waals surface area (Å²) in [5.41, 5.74) is 1.13. The van der Waals surface area contributed by atoms with E-state index >= 15 is 0 Å². The van der Waals surface area contributed by atoms with Gasteiger partial charge in [0.05, 0.1) is 6.61 Å². The molecule has 0 spiro atoms. The first kappa shape index (κ1) is 16.6. The second-order valence-electron chi connectivity index (χ2n) is 6.18. The fourth-order valence-electron chi connectivity index (χ4n) is 3.18. The summed E-state index contributed by atoms with van der Waals surface area (Å²) in [6, 6.07) is 8.00. The van der Waals surface area contributed by atoms with Crippen LogP contribution < -0.4 is 10.1 Å². The third-order valence-corrected chi connectivity index (χ3v) is 4.53. The third-order valence-electron chi connectivity index (χ3n) is 4.53. The number of carbonyl (C=O) groups is 1. The number of hydrogen-bond donors (Lipinski definition) is 1. The molecule has 1 unspecified atom stereocenters. The number of ether oxygens (including phenoxy) is 1. The van der Waals surface area contributed by atoms with Crippen LogP contribution in [0.2, 0.25) is 0 Å². The molecule has 0 bridgehead atoms. The van der Waals surface area contributed by atoms with E-state index in [1.54, 1.807) is 0 Å². The average molecular weight is 327 g/mol. The molecule has 1 aliphatic heterocycles. The molecule has 0 saturated carbocycles. The Labute approximate surface area is 143 Å². The summed E-state index contributed by atoms with van der Waals surface area (Å²) < 4.78 is 7.89. The molecular formula is C19H25N3O2. The number of para-hydroxylation sites is 1. The Kier molecular flexibility index (Phi) is 5.51. The van der Waals surface area contributed by atoms with Gasteiger partial charge < -0.3 is 14.6 Å². The molecule has 1 amide bonds. The predicted octanol–water partition coefficient (Wildman–Crippen LogP) is 2.59. The molecule has 2 heterocycles. The smallest absolute Gasteiger partial charge is 0.223 e. The van der Waals surface area contributed by atoms with Crippen LogP contribution in [0.15, 0.2) is 36.7 Å². The highest BCUT2D eigenvalue weighted by Crippen LogP contribution is 2.26. The summed E-state index contributed by atoms with van der Waals surface area (Å²) in [7, 11) is 0. The van der Waals surface area contributed by atoms with Crippen LogP contribution in [-0.2, 0) is 24.2 Å². The van der Waals surface area contributed by atoms with E-state index in [-0.39, 0.29) is 11.8 Å². The summed E-state index contributed by atoms with van der Waals surface area (Å²) in [5, 5.41) is 3.08. The van der Waals surface area contributed by atoms with Gasteiger partial charge in [-0.3, -0.25) is 4.79 Å². The lowest BCUT2D eigenvalue weighted by Crippen LogP contribution is -2.33. The lowest BCUT2D eigenvalue weighted by atomic mass is 9.96. The van der Waals surface area contributed by atoms with Gasteiger partial charge in [0.25, 0.3) is 0 Å². The number of benzene rings is 1. The lowest BCUT2D eigenvalue weighted by Gasteiger charge is -2.14. The zero-order valence-corrected chi connectivity index (χ0v) is 14.2. The number of rotatable bonds is 6. The van der Waals surface area contributed by atoms with E-state index in [1.807, 2.05) is 36.7 Å². The highest BCUT2D eigenvalue weighted by molar-refractivity contribution is 5.79. The maximum Gasteiger partial charge on any atom is 0.223 e. The van der Waals surface area contributed by atoms with E-state index in [2.05, 4.69) is 21.8 Å². The first-order chi connectivity index (χ1) is 11.8. The molecule has 2 aromatic rings. The summed E-state index contributed by atoms with van der Waals surface area (Å²) in [6.45, 7) is 4.29. The Morgan fingerprint density at radius 2 is 2.29 bits per heavy atom. The molecule has 3 rings (SSSR count). The highest BCUT2D eigenvalue weighted by Gasteiger charge is 2.23. The number of fused-ring (bicyclic) bond motifs is 1. The van der Waals surface area contributed by atoms with Gasteiger partial charge >= 0.3 is 0 Å². The van der Waals surface area contributed by atoms with Crippen molar-refractivity contribution in [1.82, 2.24) is 14.9 Å². The van der Waals surface area contributed by atoms with Crippen LogP contribution >= 0.6 is 0 Å². The van der Waals surface area contributed by atoms with Gasteiger partial charge in [-0.05, 0) is 30.9 Å². The number of imidazole rings is 1. The fourth-order valence-corrected chi connectivity index (χ4v) is 3.18. The molecule has 1 aromatic carbocycles. The second kappa shape index (κ2) is 7.99. The maximum absolute atomic E-state index is 12.5. The van der Waals surface area contributed by atoms with Crippen molar-refractivity contribution in [2.24, 2.45) is 5.92 Å². The molecule has 1 atom stereocenters. The molecule has 1 aliphatic rings. The van der Waals surface area contributed by atoms with Gasteiger partial charge in [0.1, 0.15) is 11.6 Å². The Morgan fingerprint density at radius 1 is 1.42 bits per heavy atom. The van der Waals surface area contributed by atoms with E-state index in [1.165, 1.54) is 0 Å². The average Bonchev–Trinajstić information content (AvgIpc) is 2.95. The van der Waals surface area contributed by atoms with Gasteiger partial charge in [0.2, 0.25) is 5.91 Å². The minimum atomic E-state index is -0.00639. The summed E-state index contributed by atoms with van der Waals surface area (Å²) >= 11 is 0. The van der Waals surface area contributed by atoms with Gasteiger partial charge in [-0.15, -0.1) is 0 Å². The number of aromatic nitrogens is 2. The lowest BCUT2D eigenvalue weighted by molar-refractivity contribution is -0.125. The molecule has 1 aromatic heterocycles. The Bertz CT molecular complexity index is 681. The van der Waals surface area contributed by atoms with Crippen molar-refractivity contribution in [2.45, 2.75) is 39.2 Å². The molecule has 5 nitrogen and oxygen atoms in total. The second-order valence-corrected chi connectivity index (χ2v) is 6.18. The largest absolute Gasteiger partial charge is 0.493 e. The first-order valence-corrected chi connectivity index (χ1v) is 8.76. The van der Waals surface area contributed by atoms with E-state index in [0.29, 0.717) is 13.2 Å². The quantitative estimate of drug-likeness (QED) is 0.830. The molecule has 128 valence electrons.